The van der Waals surface area contributed by atoms with Crippen molar-refractivity contribution in [2.75, 3.05) is 6.61 Å². The van der Waals surface area contributed by atoms with Crippen molar-refractivity contribution in [1.82, 2.24) is 0 Å². The quantitative estimate of drug-likeness (QED) is 0.353. The van der Waals surface area contributed by atoms with E-state index in [0.717, 1.165) is 0 Å². The predicted molar refractivity (Wildman–Crippen MR) is 110 cm³/mol. The second-order valence-corrected chi connectivity index (χ2v) is 6.97. The minimum Gasteiger partial charge on any atom is -0.504 e. The zero-order valence-electron chi connectivity index (χ0n) is 16.6. The largest absolute Gasteiger partial charge is 0.504 e. The van der Waals surface area contributed by atoms with Crippen LogP contribution in [0.5, 0.6) is 11.5 Å². The minimum atomic E-state index is -1.61. The topological polar surface area (TPSA) is 150 Å². The summed E-state index contributed by atoms with van der Waals surface area (Å²) in [4.78, 5) is 12.3. The fourth-order valence-electron chi connectivity index (χ4n) is 3.31. The maximum Gasteiger partial charge on any atom is 0.229 e. The maximum atomic E-state index is 12.3. The molecule has 2 aromatic carbocycles. The molecule has 0 unspecified atom stereocenters. The first-order chi connectivity index (χ1) is 14.4. The number of rotatable bonds is 4. The normalized spacial score (nSPS) is 25.7. The molecule has 1 radical (unpaired) electrons. The number of aliphatic hydroxyl groups excluding tert-OH is 4. The van der Waals surface area contributed by atoms with Crippen LogP contribution in [-0.4, -0.2) is 92.4 Å². The van der Waals surface area contributed by atoms with Gasteiger partial charge in [-0.1, -0.05) is 12.1 Å². The van der Waals surface area contributed by atoms with E-state index in [-0.39, 0.29) is 52.2 Å². The van der Waals surface area contributed by atoms with E-state index in [4.69, 9.17) is 13.9 Å². The third kappa shape index (κ3) is 4.64. The van der Waals surface area contributed by atoms with Gasteiger partial charge in [0.2, 0.25) is 6.29 Å². The van der Waals surface area contributed by atoms with Gasteiger partial charge in [-0.15, -0.1) is 0 Å². The molecular weight excluding hydrogens is 419 g/mol. The number of fused-ring (bicyclic) bond motifs is 1. The second kappa shape index (κ2) is 9.68. The summed E-state index contributed by atoms with van der Waals surface area (Å²) in [6.07, 6.45) is -7.30. The van der Waals surface area contributed by atoms with Gasteiger partial charge in [0.05, 0.1) is 12.0 Å². The molecule has 4 rings (SSSR count). The van der Waals surface area contributed by atoms with Crippen molar-refractivity contribution < 1.29 is 39.4 Å². The minimum absolute atomic E-state index is 0. The van der Waals surface area contributed by atoms with Crippen LogP contribution in [0, 0.1) is 0 Å². The van der Waals surface area contributed by atoms with E-state index in [0.29, 0.717) is 16.5 Å². The SMILES string of the molecule is O=c1cc(-c2ccc(O[C@@H]3O[C@H](CO)[C@@H](O)[C@H](O)[C@H]3O)c(O)c2)oc2ccccc12.[Na]. The molecule has 0 aliphatic carbocycles. The van der Waals surface area contributed by atoms with E-state index >= 15 is 0 Å². The Bertz CT molecular complexity index is 1110. The summed E-state index contributed by atoms with van der Waals surface area (Å²) in [6.45, 7) is -0.600. The van der Waals surface area contributed by atoms with Crippen molar-refractivity contribution in [2.45, 2.75) is 30.7 Å². The Morgan fingerprint density at radius 2 is 1.71 bits per heavy atom. The summed E-state index contributed by atoms with van der Waals surface area (Å²) in [5.74, 6) is -0.167. The van der Waals surface area contributed by atoms with Crippen molar-refractivity contribution in [3.05, 3.63) is 58.8 Å². The Kier molecular flexibility index (Phi) is 7.40. The molecule has 1 saturated heterocycles. The Balaban J connectivity index is 0.00000272. The van der Waals surface area contributed by atoms with Gasteiger partial charge in [0.25, 0.3) is 0 Å². The number of hydrogen-bond donors (Lipinski definition) is 5. The van der Waals surface area contributed by atoms with Crippen LogP contribution in [0.1, 0.15) is 0 Å². The summed E-state index contributed by atoms with van der Waals surface area (Å²) < 4.78 is 16.4. The number of phenolic OH excluding ortho intramolecular Hbond substituents is 1. The fraction of sp³-hybridized carbons (Fsp3) is 0.286. The first kappa shape index (κ1) is 23.7. The molecule has 0 bridgehead atoms. The van der Waals surface area contributed by atoms with Gasteiger partial charge in [0, 0.05) is 41.2 Å². The van der Waals surface area contributed by atoms with Crippen LogP contribution in [0.15, 0.2) is 57.7 Å². The Morgan fingerprint density at radius 3 is 2.42 bits per heavy atom. The summed E-state index contributed by atoms with van der Waals surface area (Å²) in [7, 11) is 0. The van der Waals surface area contributed by atoms with Crippen LogP contribution in [0.25, 0.3) is 22.3 Å². The van der Waals surface area contributed by atoms with Gasteiger partial charge < -0.3 is 39.4 Å². The monoisotopic (exact) mass is 439 g/mol. The molecule has 159 valence electrons. The van der Waals surface area contributed by atoms with Crippen molar-refractivity contribution in [3.8, 4) is 22.8 Å². The number of aliphatic hydroxyl groups is 4. The summed E-state index contributed by atoms with van der Waals surface area (Å²) >= 11 is 0. The molecule has 0 saturated carbocycles. The molecular formula is C21H20NaO9. The smallest absolute Gasteiger partial charge is 0.229 e. The number of ether oxygens (including phenoxy) is 2. The zero-order chi connectivity index (χ0) is 21.4. The number of phenols is 1. The first-order valence-corrected chi connectivity index (χ1v) is 9.22. The van der Waals surface area contributed by atoms with Crippen molar-refractivity contribution in [2.24, 2.45) is 0 Å². The maximum absolute atomic E-state index is 12.3. The third-order valence-corrected chi connectivity index (χ3v) is 4.97. The average Bonchev–Trinajstić information content (AvgIpc) is 2.75. The summed E-state index contributed by atoms with van der Waals surface area (Å²) in [5, 5.41) is 49.8. The van der Waals surface area contributed by atoms with Gasteiger partial charge in [0.15, 0.2) is 16.9 Å². The van der Waals surface area contributed by atoms with E-state index in [9.17, 15) is 30.3 Å². The second-order valence-electron chi connectivity index (χ2n) is 6.97. The molecule has 10 heteroatoms. The number of hydrogen-bond acceptors (Lipinski definition) is 9. The van der Waals surface area contributed by atoms with Crippen LogP contribution in [0.4, 0.5) is 0 Å². The van der Waals surface area contributed by atoms with Gasteiger partial charge in [-0.05, 0) is 30.3 Å². The number of para-hydroxylation sites is 1. The Morgan fingerprint density at radius 1 is 0.968 bits per heavy atom. The molecule has 2 heterocycles. The van der Waals surface area contributed by atoms with Crippen molar-refractivity contribution >= 4 is 40.5 Å². The molecule has 9 nitrogen and oxygen atoms in total. The molecule has 1 aliphatic heterocycles. The van der Waals surface area contributed by atoms with Crippen LogP contribution in [0.2, 0.25) is 0 Å². The molecule has 1 aromatic heterocycles. The zero-order valence-corrected chi connectivity index (χ0v) is 18.6. The van der Waals surface area contributed by atoms with Crippen LogP contribution in [-0.2, 0) is 4.74 Å². The van der Waals surface area contributed by atoms with Gasteiger partial charge in [0.1, 0.15) is 35.8 Å². The standard InChI is InChI=1S/C21H20O9.Na/c22-9-17-18(25)19(26)20(27)21(30-17)29-15-6-5-10(7-13(15)24)16-8-12(23)11-3-1-2-4-14(11)28-16;/h1-8,17-22,24-27H,9H2;/t17-,18-,19+,20-,21-;/m1./s1. The summed E-state index contributed by atoms with van der Waals surface area (Å²) in [6, 6.07) is 12.3. The Labute approximate surface area is 198 Å². The van der Waals surface area contributed by atoms with Crippen molar-refractivity contribution in [3.63, 3.8) is 0 Å². The van der Waals surface area contributed by atoms with Gasteiger partial charge in [-0.25, -0.2) is 0 Å². The average molecular weight is 439 g/mol. The Hall–Kier alpha value is -1.95. The molecule has 0 amide bonds. The van der Waals surface area contributed by atoms with Gasteiger partial charge in [-0.2, -0.15) is 0 Å². The summed E-state index contributed by atoms with van der Waals surface area (Å²) in [5.41, 5.74) is 0.589. The molecule has 1 aliphatic rings. The predicted octanol–water partition coefficient (Wildman–Crippen LogP) is -0.0365. The van der Waals surface area contributed by atoms with E-state index in [1.165, 1.54) is 24.3 Å². The van der Waals surface area contributed by atoms with Gasteiger partial charge >= 0.3 is 0 Å². The molecule has 1 fully saturated rings. The third-order valence-electron chi connectivity index (χ3n) is 4.97. The molecule has 5 atom stereocenters. The van der Waals surface area contributed by atoms with Crippen LogP contribution < -0.4 is 10.2 Å². The van der Waals surface area contributed by atoms with Gasteiger partial charge in [-0.3, -0.25) is 4.79 Å². The van der Waals surface area contributed by atoms with Crippen LogP contribution in [0.3, 0.4) is 0 Å². The van der Waals surface area contributed by atoms with Crippen molar-refractivity contribution in [1.29, 1.82) is 0 Å². The molecule has 0 spiro atoms. The molecule has 5 N–H and O–H groups in total. The van der Waals surface area contributed by atoms with E-state index in [1.54, 1.807) is 24.3 Å². The number of aromatic hydroxyl groups is 1. The van der Waals surface area contributed by atoms with E-state index in [1.807, 2.05) is 0 Å². The first-order valence-electron chi connectivity index (χ1n) is 9.22. The van der Waals surface area contributed by atoms with E-state index in [2.05, 4.69) is 0 Å². The van der Waals surface area contributed by atoms with E-state index < -0.39 is 37.3 Å². The fourth-order valence-corrected chi connectivity index (χ4v) is 3.31. The molecule has 31 heavy (non-hydrogen) atoms. The molecule has 3 aromatic rings. The van der Waals surface area contributed by atoms with Crippen LogP contribution >= 0.6 is 0 Å². The number of benzene rings is 2.